The minimum atomic E-state index is -4.29. The highest BCUT2D eigenvalue weighted by Gasteiger charge is 2.25. The van der Waals surface area contributed by atoms with Crippen LogP contribution in [-0.2, 0) is 32.7 Å². The molecule has 0 aliphatic rings. The number of phosphoric ester groups is 1. The van der Waals surface area contributed by atoms with E-state index in [0.717, 1.165) is 96.3 Å². The molecule has 0 fully saturated rings. The van der Waals surface area contributed by atoms with E-state index in [4.69, 9.17) is 18.5 Å². The minimum absolute atomic E-state index is 0.00730. The lowest BCUT2D eigenvalue weighted by Gasteiger charge is -2.19. The molecule has 54 heavy (non-hydrogen) atoms. The second-order valence-electron chi connectivity index (χ2n) is 14.0. The van der Waals surface area contributed by atoms with E-state index in [2.05, 4.69) is 74.6 Å². The first-order valence-corrected chi connectivity index (χ1v) is 23.1. The van der Waals surface area contributed by atoms with E-state index in [1.807, 2.05) is 0 Å². The number of hydrogen-bond donors (Lipinski definition) is 1. The van der Waals surface area contributed by atoms with Gasteiger partial charge in [0.1, 0.15) is 6.61 Å². The summed E-state index contributed by atoms with van der Waals surface area (Å²) in [5, 5.41) is 0. The fourth-order valence-corrected chi connectivity index (χ4v) is 6.36. The van der Waals surface area contributed by atoms with Crippen molar-refractivity contribution in [2.45, 2.75) is 194 Å². The molecule has 2 unspecified atom stereocenters. The SMILES string of the molecule is CCCCC/C=C\C/C=C\C/C=C\CCCCCCCCC(=O)OC(COC(=O)CCCCCCC/C=C\C/C=C\CCCCC)COP(=O)(O)OCC. The van der Waals surface area contributed by atoms with Crippen molar-refractivity contribution in [3.8, 4) is 0 Å². The summed E-state index contributed by atoms with van der Waals surface area (Å²) in [7, 11) is -4.29. The number of phosphoric acid groups is 1. The maximum atomic E-state index is 12.6. The number of rotatable bonds is 39. The molecule has 0 aromatic carbocycles. The summed E-state index contributed by atoms with van der Waals surface area (Å²) in [6.07, 6.45) is 48.4. The number of ether oxygens (including phenoxy) is 2. The first-order valence-electron chi connectivity index (χ1n) is 21.6. The number of esters is 2. The molecule has 0 aliphatic carbocycles. The molecule has 0 aromatic rings. The maximum Gasteiger partial charge on any atom is 0.472 e. The van der Waals surface area contributed by atoms with E-state index in [9.17, 15) is 19.0 Å². The van der Waals surface area contributed by atoms with Crippen molar-refractivity contribution in [1.29, 1.82) is 0 Å². The van der Waals surface area contributed by atoms with Gasteiger partial charge in [-0.1, -0.05) is 145 Å². The summed E-state index contributed by atoms with van der Waals surface area (Å²) in [5.74, 6) is -0.831. The molecule has 0 saturated heterocycles. The number of allylic oxidation sites excluding steroid dienone is 10. The summed E-state index contributed by atoms with van der Waals surface area (Å²) < 4.78 is 32.6. The standard InChI is InChI=1S/C45H79O8P/c1-4-7-9-11-13-15-17-19-21-22-23-24-26-28-30-32-34-36-38-40-45(47)53-43(42-52-54(48,49)51-6-3)41-50-44(46)39-37-35-33-31-29-27-25-20-18-16-14-12-10-8-5-2/h13-16,19-21,23-25,43H,4-12,17-18,22,26-42H2,1-3H3,(H,48,49)/b15-13-,16-14-,21-19-,24-23-,25-20-. The van der Waals surface area contributed by atoms with Crippen molar-refractivity contribution in [3.05, 3.63) is 60.8 Å². The van der Waals surface area contributed by atoms with Crippen LogP contribution in [0.4, 0.5) is 0 Å². The van der Waals surface area contributed by atoms with Gasteiger partial charge in [-0.15, -0.1) is 0 Å². The average Bonchev–Trinajstić information content (AvgIpc) is 3.15. The van der Waals surface area contributed by atoms with Gasteiger partial charge in [0.25, 0.3) is 0 Å². The van der Waals surface area contributed by atoms with Crippen LogP contribution in [0.3, 0.4) is 0 Å². The highest BCUT2D eigenvalue weighted by Crippen LogP contribution is 2.43. The topological polar surface area (TPSA) is 108 Å². The fraction of sp³-hybridized carbons (Fsp3) is 0.733. The van der Waals surface area contributed by atoms with Crippen molar-refractivity contribution < 1.29 is 37.6 Å². The van der Waals surface area contributed by atoms with E-state index in [1.54, 1.807) is 6.92 Å². The molecule has 0 spiro atoms. The quantitative estimate of drug-likeness (QED) is 0.0284. The fourth-order valence-electron chi connectivity index (χ4n) is 5.61. The summed E-state index contributed by atoms with van der Waals surface area (Å²) in [6.45, 7) is 5.38. The molecule has 9 heteroatoms. The number of carbonyl (C=O) groups is 2. The number of carbonyl (C=O) groups excluding carboxylic acids is 2. The van der Waals surface area contributed by atoms with E-state index in [0.29, 0.717) is 6.42 Å². The van der Waals surface area contributed by atoms with Crippen molar-refractivity contribution >= 4 is 19.8 Å². The Morgan fingerprint density at radius 1 is 0.500 bits per heavy atom. The van der Waals surface area contributed by atoms with E-state index < -0.39 is 26.5 Å². The molecular weight excluding hydrogens is 699 g/mol. The van der Waals surface area contributed by atoms with Gasteiger partial charge in [-0.3, -0.25) is 18.6 Å². The minimum Gasteiger partial charge on any atom is -0.462 e. The zero-order chi connectivity index (χ0) is 39.6. The second kappa shape index (κ2) is 40.4. The Bertz CT molecular complexity index is 1060. The summed E-state index contributed by atoms with van der Waals surface area (Å²) in [6, 6.07) is 0. The molecule has 0 rings (SSSR count). The van der Waals surface area contributed by atoms with Gasteiger partial charge < -0.3 is 14.4 Å². The van der Waals surface area contributed by atoms with Gasteiger partial charge in [-0.25, -0.2) is 4.57 Å². The van der Waals surface area contributed by atoms with Crippen LogP contribution in [0.15, 0.2) is 60.8 Å². The molecule has 0 heterocycles. The predicted molar refractivity (Wildman–Crippen MR) is 225 cm³/mol. The molecule has 0 radical (unpaired) electrons. The maximum absolute atomic E-state index is 12.6. The smallest absolute Gasteiger partial charge is 0.462 e. The normalized spacial score (nSPS) is 13.9. The third-order valence-corrected chi connectivity index (χ3v) is 9.86. The Morgan fingerprint density at radius 3 is 1.33 bits per heavy atom. The summed E-state index contributed by atoms with van der Waals surface area (Å²) >= 11 is 0. The zero-order valence-corrected chi connectivity index (χ0v) is 35.5. The Balaban J connectivity index is 4.15. The largest absolute Gasteiger partial charge is 0.472 e. The highest BCUT2D eigenvalue weighted by atomic mass is 31.2. The lowest BCUT2D eigenvalue weighted by atomic mass is 10.1. The zero-order valence-electron chi connectivity index (χ0n) is 34.6. The molecule has 2 atom stereocenters. The van der Waals surface area contributed by atoms with Gasteiger partial charge in [-0.05, 0) is 90.4 Å². The molecule has 312 valence electrons. The van der Waals surface area contributed by atoms with Crippen molar-refractivity contribution in [2.24, 2.45) is 0 Å². The first-order chi connectivity index (χ1) is 26.3. The summed E-state index contributed by atoms with van der Waals surface area (Å²) in [4.78, 5) is 34.7. The van der Waals surface area contributed by atoms with Gasteiger partial charge >= 0.3 is 19.8 Å². The molecular formula is C45H79O8P. The van der Waals surface area contributed by atoms with Gasteiger partial charge in [0, 0.05) is 12.8 Å². The van der Waals surface area contributed by atoms with Crippen LogP contribution in [-0.4, -0.2) is 42.8 Å². The van der Waals surface area contributed by atoms with Crippen molar-refractivity contribution in [1.82, 2.24) is 0 Å². The Hall–Kier alpha value is -2.25. The molecule has 8 nitrogen and oxygen atoms in total. The van der Waals surface area contributed by atoms with E-state index in [1.165, 1.54) is 51.4 Å². The highest BCUT2D eigenvalue weighted by molar-refractivity contribution is 7.47. The van der Waals surface area contributed by atoms with Gasteiger partial charge in [0.2, 0.25) is 0 Å². The molecule has 0 amide bonds. The molecule has 0 bridgehead atoms. The monoisotopic (exact) mass is 779 g/mol. The number of unbranched alkanes of at least 4 members (excludes halogenated alkanes) is 17. The lowest BCUT2D eigenvalue weighted by Crippen LogP contribution is -2.29. The van der Waals surface area contributed by atoms with Crippen LogP contribution in [0.25, 0.3) is 0 Å². The predicted octanol–water partition coefficient (Wildman–Crippen LogP) is 13.6. The number of hydrogen-bond acceptors (Lipinski definition) is 7. The molecule has 1 N–H and O–H groups in total. The van der Waals surface area contributed by atoms with Crippen molar-refractivity contribution in [3.63, 3.8) is 0 Å². The molecule has 0 aliphatic heterocycles. The van der Waals surface area contributed by atoms with Gasteiger partial charge in [0.15, 0.2) is 6.10 Å². The second-order valence-corrected chi connectivity index (χ2v) is 15.5. The van der Waals surface area contributed by atoms with Gasteiger partial charge in [0.05, 0.1) is 13.2 Å². The molecule has 0 saturated carbocycles. The van der Waals surface area contributed by atoms with Crippen LogP contribution in [0.2, 0.25) is 0 Å². The van der Waals surface area contributed by atoms with Crippen LogP contribution in [0, 0.1) is 0 Å². The third kappa shape index (κ3) is 39.4. The average molecular weight is 779 g/mol. The third-order valence-electron chi connectivity index (χ3n) is 8.80. The van der Waals surface area contributed by atoms with E-state index in [-0.39, 0.29) is 32.0 Å². The van der Waals surface area contributed by atoms with Crippen molar-refractivity contribution in [2.75, 3.05) is 19.8 Å². The first kappa shape index (κ1) is 51.8. The Labute approximate surface area is 330 Å². The van der Waals surface area contributed by atoms with Gasteiger partial charge in [-0.2, -0.15) is 0 Å². The summed E-state index contributed by atoms with van der Waals surface area (Å²) in [5.41, 5.74) is 0. The van der Waals surface area contributed by atoms with Crippen LogP contribution < -0.4 is 0 Å². The van der Waals surface area contributed by atoms with Crippen LogP contribution in [0.1, 0.15) is 188 Å². The van der Waals surface area contributed by atoms with Crippen LogP contribution >= 0.6 is 7.82 Å². The van der Waals surface area contributed by atoms with E-state index >= 15 is 0 Å². The lowest BCUT2D eigenvalue weighted by molar-refractivity contribution is -0.161. The Morgan fingerprint density at radius 2 is 0.889 bits per heavy atom. The van der Waals surface area contributed by atoms with Crippen LogP contribution in [0.5, 0.6) is 0 Å². The molecule has 0 aromatic heterocycles. The Kier molecular flexibility index (Phi) is 38.7.